The summed E-state index contributed by atoms with van der Waals surface area (Å²) in [6.45, 7) is 1.36. The number of halogens is 1. The van der Waals surface area contributed by atoms with Gasteiger partial charge in [0.2, 0.25) is 0 Å². The summed E-state index contributed by atoms with van der Waals surface area (Å²) in [6.07, 6.45) is 4.22. The van der Waals surface area contributed by atoms with Crippen LogP contribution in [0.4, 0.5) is 20.6 Å². The summed E-state index contributed by atoms with van der Waals surface area (Å²) < 4.78 is 13.9. The molecule has 7 heteroatoms. The Bertz CT molecular complexity index is 1050. The quantitative estimate of drug-likeness (QED) is 0.621. The maximum Gasteiger partial charge on any atom is 0.319 e. The number of piperidine rings is 1. The van der Waals surface area contributed by atoms with Gasteiger partial charge in [0.15, 0.2) is 0 Å². The summed E-state index contributed by atoms with van der Waals surface area (Å²) in [4.78, 5) is 14.8. The van der Waals surface area contributed by atoms with Gasteiger partial charge < -0.3 is 15.5 Å². The highest BCUT2D eigenvalue weighted by molar-refractivity contribution is 6.00. The first kappa shape index (κ1) is 18.0. The lowest BCUT2D eigenvalue weighted by Crippen LogP contribution is -2.37. The number of hydrogen-bond acceptors (Lipinski definition) is 3. The van der Waals surface area contributed by atoms with Crippen molar-refractivity contribution in [2.45, 2.75) is 37.9 Å². The minimum absolute atomic E-state index is 0.0422. The number of fused-ring (bicyclic) bond motifs is 2. The van der Waals surface area contributed by atoms with Crippen LogP contribution in [0, 0.1) is 0 Å². The number of alkyl halides is 1. The fourth-order valence-electron chi connectivity index (χ4n) is 4.62. The molecule has 2 atom stereocenters. The first-order valence-corrected chi connectivity index (χ1v) is 10.2. The molecule has 150 valence electrons. The zero-order valence-electron chi connectivity index (χ0n) is 16.1. The first-order chi connectivity index (χ1) is 14.2. The molecule has 3 aromatic rings. The molecule has 5 rings (SSSR count). The van der Waals surface area contributed by atoms with Crippen molar-refractivity contribution in [3.8, 4) is 0 Å². The minimum atomic E-state index is -0.758. The number of H-pyrrole nitrogens is 1. The summed E-state index contributed by atoms with van der Waals surface area (Å²) in [5.41, 5.74) is 5.11. The van der Waals surface area contributed by atoms with Crippen molar-refractivity contribution in [1.29, 1.82) is 0 Å². The van der Waals surface area contributed by atoms with Gasteiger partial charge in [-0.3, -0.25) is 5.10 Å². The van der Waals surface area contributed by atoms with Crippen molar-refractivity contribution in [1.82, 2.24) is 15.5 Å². The Balaban J connectivity index is 1.32. The minimum Gasteiger partial charge on any atom is -0.368 e. The average molecular weight is 393 g/mol. The number of hydrogen-bond donors (Lipinski definition) is 3. The fraction of sp³-hybridized carbons (Fsp3) is 0.364. The van der Waals surface area contributed by atoms with Crippen LogP contribution in [0.1, 0.15) is 36.4 Å². The molecule has 0 radical (unpaired) electrons. The van der Waals surface area contributed by atoms with Crippen molar-refractivity contribution >= 4 is 28.3 Å². The lowest BCUT2D eigenvalue weighted by atomic mass is 10.0. The van der Waals surface area contributed by atoms with E-state index in [1.807, 2.05) is 24.3 Å². The summed E-state index contributed by atoms with van der Waals surface area (Å²) >= 11 is 0. The molecule has 2 amide bonds. The molecule has 0 saturated carbocycles. The smallest absolute Gasteiger partial charge is 0.319 e. The summed E-state index contributed by atoms with van der Waals surface area (Å²) in [5.74, 6) is 0. The predicted molar refractivity (Wildman–Crippen MR) is 112 cm³/mol. The molecule has 3 N–H and O–H groups in total. The van der Waals surface area contributed by atoms with Crippen LogP contribution in [0.25, 0.3) is 10.9 Å². The Labute approximate surface area is 168 Å². The normalized spacial score (nSPS) is 21.2. The molecule has 1 saturated heterocycles. The van der Waals surface area contributed by atoms with Crippen molar-refractivity contribution in [3.05, 3.63) is 53.7 Å². The van der Waals surface area contributed by atoms with Crippen LogP contribution in [-0.2, 0) is 6.42 Å². The van der Waals surface area contributed by atoms with Gasteiger partial charge in [-0.25, -0.2) is 9.18 Å². The molecule has 1 aromatic heterocycles. The molecule has 29 heavy (non-hydrogen) atoms. The standard InChI is InChI=1S/C22H24FN5O/c23-14-4-3-11-28(13-14)21-8-1-5-15-16(21)9-10-19(15)26-22(29)25-18-6-2-7-20-17(18)12-24-27-20/h1-2,5-8,12,14,19H,3-4,9-11,13H2,(H,24,27)(H2,25,26,29). The SMILES string of the molecule is O=C(Nc1cccc2[nH]ncc12)NC1CCc2c1cccc2N1CCCC(F)C1. The van der Waals surface area contributed by atoms with Crippen LogP contribution in [0.3, 0.4) is 0 Å². The Morgan fingerprint density at radius 2 is 2.10 bits per heavy atom. The number of amides is 2. The third kappa shape index (κ3) is 3.41. The number of urea groups is 1. The highest BCUT2D eigenvalue weighted by atomic mass is 19.1. The van der Waals surface area contributed by atoms with Gasteiger partial charge in [-0.15, -0.1) is 0 Å². The van der Waals surface area contributed by atoms with Crippen LogP contribution in [-0.4, -0.2) is 35.5 Å². The van der Waals surface area contributed by atoms with Crippen molar-refractivity contribution in [2.75, 3.05) is 23.3 Å². The molecule has 6 nitrogen and oxygen atoms in total. The zero-order valence-corrected chi connectivity index (χ0v) is 16.1. The van der Waals surface area contributed by atoms with Crippen LogP contribution in [0.5, 0.6) is 0 Å². The molecule has 2 heterocycles. The Hall–Kier alpha value is -3.09. The zero-order chi connectivity index (χ0) is 19.8. The van der Waals surface area contributed by atoms with Crippen molar-refractivity contribution < 1.29 is 9.18 Å². The number of nitrogens with one attached hydrogen (secondary N) is 3. The van der Waals surface area contributed by atoms with E-state index >= 15 is 0 Å². The predicted octanol–water partition coefficient (Wildman–Crippen LogP) is 4.31. The van der Waals surface area contributed by atoms with E-state index in [1.165, 1.54) is 5.56 Å². The van der Waals surface area contributed by atoms with Gasteiger partial charge in [-0.1, -0.05) is 18.2 Å². The number of aromatic nitrogens is 2. The van der Waals surface area contributed by atoms with E-state index < -0.39 is 6.17 Å². The topological polar surface area (TPSA) is 73.0 Å². The van der Waals surface area contributed by atoms with E-state index in [0.717, 1.165) is 53.6 Å². The molecule has 2 aromatic carbocycles. The Morgan fingerprint density at radius 1 is 1.21 bits per heavy atom. The molecule has 2 aliphatic rings. The Kier molecular flexibility index (Phi) is 4.58. The largest absolute Gasteiger partial charge is 0.368 e. The molecule has 1 fully saturated rings. The molecule has 2 unspecified atom stereocenters. The first-order valence-electron chi connectivity index (χ1n) is 10.2. The van der Waals surface area contributed by atoms with Gasteiger partial charge >= 0.3 is 6.03 Å². The number of aromatic amines is 1. The van der Waals surface area contributed by atoms with Crippen molar-refractivity contribution in [3.63, 3.8) is 0 Å². The van der Waals surface area contributed by atoms with Gasteiger partial charge in [-0.05, 0) is 55.0 Å². The Morgan fingerprint density at radius 3 is 3.00 bits per heavy atom. The van der Waals surface area contributed by atoms with Crippen LogP contribution in [0.15, 0.2) is 42.6 Å². The second-order valence-electron chi connectivity index (χ2n) is 7.86. The number of carbonyl (C=O) groups excluding carboxylic acids is 1. The van der Waals surface area contributed by atoms with E-state index in [2.05, 4.69) is 37.9 Å². The van der Waals surface area contributed by atoms with Crippen LogP contribution < -0.4 is 15.5 Å². The molecule has 1 aliphatic heterocycles. The summed E-state index contributed by atoms with van der Waals surface area (Å²) in [5, 5.41) is 13.9. The van der Waals surface area contributed by atoms with E-state index in [-0.39, 0.29) is 12.1 Å². The average Bonchev–Trinajstić information content (AvgIpc) is 3.36. The molecule has 1 aliphatic carbocycles. The van der Waals surface area contributed by atoms with Crippen molar-refractivity contribution in [2.24, 2.45) is 0 Å². The van der Waals surface area contributed by atoms with Gasteiger partial charge in [-0.2, -0.15) is 5.10 Å². The fourth-order valence-corrected chi connectivity index (χ4v) is 4.62. The number of benzene rings is 2. The third-order valence-corrected chi connectivity index (χ3v) is 5.99. The summed E-state index contributed by atoms with van der Waals surface area (Å²) in [6, 6.07) is 11.6. The second-order valence-corrected chi connectivity index (χ2v) is 7.86. The maximum atomic E-state index is 13.9. The molecule has 0 spiro atoms. The van der Waals surface area contributed by atoms with Gasteiger partial charge in [0, 0.05) is 24.2 Å². The lowest BCUT2D eigenvalue weighted by molar-refractivity contribution is 0.248. The van der Waals surface area contributed by atoms with Gasteiger partial charge in [0.05, 0.1) is 23.4 Å². The second kappa shape index (κ2) is 7.39. The number of rotatable bonds is 3. The number of anilines is 2. The lowest BCUT2D eigenvalue weighted by Gasteiger charge is -2.32. The van der Waals surface area contributed by atoms with E-state index in [4.69, 9.17) is 0 Å². The number of carbonyl (C=O) groups is 1. The van der Waals surface area contributed by atoms with Crippen LogP contribution in [0.2, 0.25) is 0 Å². The number of nitrogens with zero attached hydrogens (tertiary/aromatic N) is 2. The molecular formula is C22H24FN5O. The van der Waals surface area contributed by atoms with E-state index in [0.29, 0.717) is 13.0 Å². The van der Waals surface area contributed by atoms with Crippen LogP contribution >= 0.6 is 0 Å². The monoisotopic (exact) mass is 393 g/mol. The molecule has 0 bridgehead atoms. The highest BCUT2D eigenvalue weighted by Gasteiger charge is 2.29. The third-order valence-electron chi connectivity index (χ3n) is 5.99. The van der Waals surface area contributed by atoms with Gasteiger partial charge in [0.25, 0.3) is 0 Å². The van der Waals surface area contributed by atoms with E-state index in [1.54, 1.807) is 6.20 Å². The maximum absolute atomic E-state index is 13.9. The molecular weight excluding hydrogens is 369 g/mol. The van der Waals surface area contributed by atoms with E-state index in [9.17, 15) is 9.18 Å². The highest BCUT2D eigenvalue weighted by Crippen LogP contribution is 2.38. The van der Waals surface area contributed by atoms with Gasteiger partial charge in [0.1, 0.15) is 6.17 Å². The summed E-state index contributed by atoms with van der Waals surface area (Å²) in [7, 11) is 0.